The van der Waals surface area contributed by atoms with Crippen molar-refractivity contribution in [3.63, 3.8) is 0 Å². The average molecular weight is 399 g/mol. The van der Waals surface area contributed by atoms with Crippen LogP contribution in [0.3, 0.4) is 0 Å². The fraction of sp³-hybridized carbons (Fsp3) is 0.391. The molecule has 0 radical (unpaired) electrons. The summed E-state index contributed by atoms with van der Waals surface area (Å²) >= 11 is 0. The molecule has 2 fully saturated rings. The van der Waals surface area contributed by atoms with Crippen LogP contribution in [0.15, 0.2) is 60.2 Å². The third-order valence-electron chi connectivity index (χ3n) is 5.86. The van der Waals surface area contributed by atoms with Crippen LogP contribution in [0.25, 0.3) is 5.57 Å². The Labute approximate surface area is 171 Å². The Morgan fingerprint density at radius 2 is 2.03 bits per heavy atom. The molecule has 0 spiro atoms. The third kappa shape index (κ3) is 4.31. The Morgan fingerprint density at radius 1 is 1.31 bits per heavy atom. The van der Waals surface area contributed by atoms with Crippen molar-refractivity contribution in [2.45, 2.75) is 32.7 Å². The van der Waals surface area contributed by atoms with Gasteiger partial charge in [0.25, 0.3) is 0 Å². The molecule has 0 bridgehead atoms. The lowest BCUT2D eigenvalue weighted by Gasteiger charge is -2.25. The number of aliphatic imine (C=N–C) groups is 1. The average Bonchev–Trinajstić information content (AvgIpc) is 3.39. The summed E-state index contributed by atoms with van der Waals surface area (Å²) in [6.45, 7) is 15.6. The Bertz CT molecular complexity index is 915. The Morgan fingerprint density at radius 3 is 2.66 bits per heavy atom. The number of halogens is 2. The first kappa shape index (κ1) is 21.0. The zero-order chi connectivity index (χ0) is 21.3. The van der Waals surface area contributed by atoms with E-state index in [1.54, 1.807) is 14.0 Å². The third-order valence-corrected chi connectivity index (χ3v) is 5.86. The maximum atomic E-state index is 14.6. The van der Waals surface area contributed by atoms with E-state index in [0.29, 0.717) is 34.7 Å². The molecular weight excluding hydrogens is 370 g/mol. The van der Waals surface area contributed by atoms with Gasteiger partial charge in [-0.1, -0.05) is 25.3 Å². The maximum absolute atomic E-state index is 14.6. The molecule has 6 heteroatoms. The number of nitrogens with zero attached hydrogens (tertiary/aromatic N) is 2. The highest BCUT2D eigenvalue weighted by atomic mass is 19.1. The number of pyridine rings is 1. The van der Waals surface area contributed by atoms with E-state index in [2.05, 4.69) is 40.3 Å². The van der Waals surface area contributed by atoms with Crippen LogP contribution in [0.2, 0.25) is 0 Å². The molecule has 154 valence electrons. The highest BCUT2D eigenvalue weighted by Crippen LogP contribution is 2.56. The van der Waals surface area contributed by atoms with E-state index >= 15 is 0 Å². The van der Waals surface area contributed by atoms with Crippen LogP contribution in [-0.2, 0) is 0 Å². The van der Waals surface area contributed by atoms with Gasteiger partial charge in [-0.15, -0.1) is 0 Å². The quantitative estimate of drug-likeness (QED) is 0.285. The predicted octanol–water partition coefficient (Wildman–Crippen LogP) is 5.25. The van der Waals surface area contributed by atoms with Gasteiger partial charge in [0.05, 0.1) is 11.9 Å². The number of rotatable bonds is 7. The molecule has 4 unspecified atom stereocenters. The Hall–Kier alpha value is -2.76. The summed E-state index contributed by atoms with van der Waals surface area (Å²) in [7, 11) is 1.68. The highest BCUT2D eigenvalue weighted by molar-refractivity contribution is 5.99. The van der Waals surface area contributed by atoms with Crippen molar-refractivity contribution in [2.24, 2.45) is 22.7 Å². The second-order valence-electron chi connectivity index (χ2n) is 7.84. The summed E-state index contributed by atoms with van der Waals surface area (Å²) in [6, 6.07) is 1.41. The number of aromatic nitrogens is 1. The summed E-state index contributed by atoms with van der Waals surface area (Å²) < 4.78 is 28.3. The van der Waals surface area contributed by atoms with Crippen molar-refractivity contribution < 1.29 is 8.78 Å². The standard InChI is InChI=1S/C23H28F2N4/c1-7-20(25)23(29-21-17(12(2)3)8-15-9-19(15)21)28-14(5)13(4)18-10-16(24)11-27-22(18)26-6/h7,10-11,15,17,19,21H,2,4-5,8-9H2,1,3,6H3,(H,26,27)(H,28,29)/b20-7+. The number of nitrogens with one attached hydrogen (secondary N) is 2. The molecule has 2 aliphatic carbocycles. The van der Waals surface area contributed by atoms with Crippen molar-refractivity contribution in [2.75, 3.05) is 12.4 Å². The molecule has 4 atom stereocenters. The molecule has 1 aromatic heterocycles. The van der Waals surface area contributed by atoms with Crippen molar-refractivity contribution in [1.29, 1.82) is 0 Å². The van der Waals surface area contributed by atoms with E-state index in [1.165, 1.54) is 12.1 Å². The minimum Gasteiger partial charge on any atom is -0.373 e. The second-order valence-corrected chi connectivity index (χ2v) is 7.84. The van der Waals surface area contributed by atoms with E-state index in [9.17, 15) is 8.78 Å². The van der Waals surface area contributed by atoms with Crippen LogP contribution in [0.1, 0.15) is 32.3 Å². The molecule has 4 nitrogen and oxygen atoms in total. The van der Waals surface area contributed by atoms with Crippen LogP contribution in [-0.4, -0.2) is 23.9 Å². The van der Waals surface area contributed by atoms with Crippen LogP contribution in [0.4, 0.5) is 14.6 Å². The fourth-order valence-electron chi connectivity index (χ4n) is 4.14. The van der Waals surface area contributed by atoms with Gasteiger partial charge in [0, 0.05) is 30.1 Å². The first-order valence-electron chi connectivity index (χ1n) is 9.81. The SMILES string of the molecule is C=C(/N=C(NC1C(C(=C)C)CC2CC21)\C(F)=C/C)C(=C)c1cc(F)cnc1NC. The fourth-order valence-corrected chi connectivity index (χ4v) is 4.14. The Balaban J connectivity index is 1.87. The molecule has 0 aromatic carbocycles. The van der Waals surface area contributed by atoms with Gasteiger partial charge in [0.15, 0.2) is 11.7 Å². The summed E-state index contributed by atoms with van der Waals surface area (Å²) in [5.74, 6) is 1.11. The minimum atomic E-state index is -0.495. The summed E-state index contributed by atoms with van der Waals surface area (Å²) in [4.78, 5) is 8.41. The lowest BCUT2D eigenvalue weighted by atomic mass is 9.92. The number of hydrogen-bond donors (Lipinski definition) is 2. The summed E-state index contributed by atoms with van der Waals surface area (Å²) in [6.07, 6.45) is 4.71. The molecule has 1 aromatic rings. The van der Waals surface area contributed by atoms with Crippen LogP contribution < -0.4 is 10.6 Å². The molecular formula is C23H28F2N4. The first-order chi connectivity index (χ1) is 13.8. The highest BCUT2D eigenvalue weighted by Gasteiger charge is 2.53. The smallest absolute Gasteiger partial charge is 0.162 e. The largest absolute Gasteiger partial charge is 0.373 e. The molecule has 2 aliphatic rings. The molecule has 2 saturated carbocycles. The van der Waals surface area contributed by atoms with E-state index in [1.807, 2.05) is 6.92 Å². The summed E-state index contributed by atoms with van der Waals surface area (Å²) in [5.41, 5.74) is 2.15. The van der Waals surface area contributed by atoms with Crippen molar-refractivity contribution >= 4 is 17.2 Å². The predicted molar refractivity (Wildman–Crippen MR) is 116 cm³/mol. The lowest BCUT2D eigenvalue weighted by molar-refractivity contribution is 0.444. The van der Waals surface area contributed by atoms with Gasteiger partial charge >= 0.3 is 0 Å². The van der Waals surface area contributed by atoms with E-state index in [4.69, 9.17) is 0 Å². The van der Waals surface area contributed by atoms with Gasteiger partial charge in [-0.3, -0.25) is 0 Å². The van der Waals surface area contributed by atoms with Crippen LogP contribution >= 0.6 is 0 Å². The van der Waals surface area contributed by atoms with Gasteiger partial charge in [0.2, 0.25) is 0 Å². The monoisotopic (exact) mass is 398 g/mol. The number of amidine groups is 1. The number of fused-ring (bicyclic) bond motifs is 1. The zero-order valence-electron chi connectivity index (χ0n) is 17.2. The second kappa shape index (κ2) is 8.31. The zero-order valence-corrected chi connectivity index (χ0v) is 17.2. The van der Waals surface area contributed by atoms with Gasteiger partial charge in [-0.05, 0) is 50.7 Å². The molecule has 29 heavy (non-hydrogen) atoms. The van der Waals surface area contributed by atoms with E-state index in [0.717, 1.165) is 24.6 Å². The first-order valence-corrected chi connectivity index (χ1v) is 9.81. The lowest BCUT2D eigenvalue weighted by Crippen LogP contribution is -2.40. The Kier molecular flexibility index (Phi) is 6.01. The van der Waals surface area contributed by atoms with Crippen molar-refractivity contribution in [3.05, 3.63) is 66.6 Å². The molecule has 0 aliphatic heterocycles. The summed E-state index contributed by atoms with van der Waals surface area (Å²) in [5, 5.41) is 6.20. The van der Waals surface area contributed by atoms with Crippen molar-refractivity contribution in [1.82, 2.24) is 10.3 Å². The molecule has 0 saturated heterocycles. The van der Waals surface area contributed by atoms with E-state index in [-0.39, 0.29) is 17.6 Å². The van der Waals surface area contributed by atoms with Gasteiger partial charge < -0.3 is 10.6 Å². The van der Waals surface area contributed by atoms with Crippen molar-refractivity contribution in [3.8, 4) is 0 Å². The normalized spacial score (nSPS) is 26.0. The van der Waals surface area contributed by atoms with Gasteiger partial charge in [0.1, 0.15) is 11.6 Å². The number of anilines is 1. The molecule has 1 heterocycles. The minimum absolute atomic E-state index is 0.103. The van der Waals surface area contributed by atoms with E-state index < -0.39 is 11.6 Å². The molecule has 3 rings (SSSR count). The van der Waals surface area contributed by atoms with Gasteiger partial charge in [-0.2, -0.15) is 0 Å². The molecule has 0 amide bonds. The number of allylic oxidation sites excluding steroid dienone is 2. The van der Waals surface area contributed by atoms with Crippen LogP contribution in [0.5, 0.6) is 0 Å². The topological polar surface area (TPSA) is 49.3 Å². The van der Waals surface area contributed by atoms with Gasteiger partial charge in [-0.25, -0.2) is 18.8 Å². The molecule has 2 N–H and O–H groups in total. The number of hydrogen-bond acceptors (Lipinski definition) is 3. The maximum Gasteiger partial charge on any atom is 0.162 e. The van der Waals surface area contributed by atoms with Crippen LogP contribution in [0, 0.1) is 23.6 Å².